The van der Waals surface area contributed by atoms with E-state index in [4.69, 9.17) is 5.11 Å². The van der Waals surface area contributed by atoms with Crippen molar-refractivity contribution >= 4 is 0 Å². The Labute approximate surface area is 71.8 Å². The van der Waals surface area contributed by atoms with Crippen LogP contribution in [-0.2, 0) is 6.42 Å². The van der Waals surface area contributed by atoms with Crippen LogP contribution < -0.4 is 0 Å². The summed E-state index contributed by atoms with van der Waals surface area (Å²) in [4.78, 5) is 0. The molecule has 0 atom stereocenters. The Morgan fingerprint density at radius 1 is 1.42 bits per heavy atom. The van der Waals surface area contributed by atoms with Crippen LogP contribution in [0.2, 0.25) is 0 Å². The molecule has 2 heteroatoms. The molecule has 0 spiro atoms. The average Bonchev–Trinajstić information content (AvgIpc) is 1.94. The Bertz CT molecular complexity index is 303. The second-order valence-corrected chi connectivity index (χ2v) is 2.95. The second-order valence-electron chi connectivity index (χ2n) is 2.95. The smallest absolute Gasteiger partial charge is 0.122 e. The van der Waals surface area contributed by atoms with Crippen molar-refractivity contribution in [2.75, 3.05) is 0 Å². The van der Waals surface area contributed by atoms with Crippen LogP contribution in [0.15, 0.2) is 30.4 Å². The van der Waals surface area contributed by atoms with Gasteiger partial charge in [-0.3, -0.25) is 0 Å². The van der Waals surface area contributed by atoms with Crippen molar-refractivity contribution in [3.8, 4) is 11.5 Å². The molecule has 12 heavy (non-hydrogen) atoms. The molecule has 0 amide bonds. The van der Waals surface area contributed by atoms with Crippen molar-refractivity contribution in [2.45, 2.75) is 13.3 Å². The molecule has 0 saturated heterocycles. The highest BCUT2D eigenvalue weighted by Gasteiger charge is 2.01. The second kappa shape index (κ2) is 3.30. The summed E-state index contributed by atoms with van der Waals surface area (Å²) in [6.45, 7) is 5.64. The van der Waals surface area contributed by atoms with E-state index in [0.717, 1.165) is 11.1 Å². The Kier molecular flexibility index (Phi) is 2.38. The van der Waals surface area contributed by atoms with Crippen molar-refractivity contribution < 1.29 is 10.2 Å². The summed E-state index contributed by atoms with van der Waals surface area (Å²) in [5.41, 5.74) is 1.77. The van der Waals surface area contributed by atoms with Gasteiger partial charge in [-0.2, -0.15) is 0 Å². The van der Waals surface area contributed by atoms with Crippen molar-refractivity contribution in [1.29, 1.82) is 0 Å². The van der Waals surface area contributed by atoms with Crippen LogP contribution in [0.5, 0.6) is 11.5 Å². The summed E-state index contributed by atoms with van der Waals surface area (Å²) in [5, 5.41) is 18.3. The molecule has 0 heterocycles. The largest absolute Gasteiger partial charge is 0.508 e. The monoisotopic (exact) mass is 164 g/mol. The Hall–Kier alpha value is -1.44. The van der Waals surface area contributed by atoms with Crippen molar-refractivity contribution in [2.24, 2.45) is 0 Å². The van der Waals surface area contributed by atoms with Gasteiger partial charge in [-0.15, -0.1) is 0 Å². The van der Waals surface area contributed by atoms with E-state index < -0.39 is 0 Å². The number of phenolic OH excluding ortho intramolecular Hbond substituents is 2. The SMILES string of the molecule is C=C(C)Cc1ccc(O)cc1O. The molecule has 0 aliphatic heterocycles. The molecule has 0 aromatic heterocycles. The third kappa shape index (κ3) is 2.02. The third-order valence-electron chi connectivity index (χ3n) is 1.56. The maximum absolute atomic E-state index is 9.34. The fourth-order valence-corrected chi connectivity index (χ4v) is 1.03. The highest BCUT2D eigenvalue weighted by atomic mass is 16.3. The highest BCUT2D eigenvalue weighted by Crippen LogP contribution is 2.24. The van der Waals surface area contributed by atoms with E-state index in [1.165, 1.54) is 6.07 Å². The van der Waals surface area contributed by atoms with Crippen LogP contribution >= 0.6 is 0 Å². The zero-order chi connectivity index (χ0) is 9.14. The van der Waals surface area contributed by atoms with Gasteiger partial charge in [-0.1, -0.05) is 18.2 Å². The van der Waals surface area contributed by atoms with Crippen LogP contribution in [0.3, 0.4) is 0 Å². The third-order valence-corrected chi connectivity index (χ3v) is 1.56. The fraction of sp³-hybridized carbons (Fsp3) is 0.200. The van der Waals surface area contributed by atoms with Crippen molar-refractivity contribution in [3.05, 3.63) is 35.9 Å². The van der Waals surface area contributed by atoms with E-state index in [1.807, 2.05) is 6.92 Å². The van der Waals surface area contributed by atoms with Crippen LogP contribution in [0, 0.1) is 0 Å². The van der Waals surface area contributed by atoms with E-state index in [1.54, 1.807) is 12.1 Å². The zero-order valence-corrected chi connectivity index (χ0v) is 7.04. The quantitative estimate of drug-likeness (QED) is 0.658. The first-order valence-corrected chi connectivity index (χ1v) is 3.75. The highest BCUT2D eigenvalue weighted by molar-refractivity contribution is 5.40. The van der Waals surface area contributed by atoms with Gasteiger partial charge in [0.25, 0.3) is 0 Å². The van der Waals surface area contributed by atoms with Gasteiger partial charge < -0.3 is 10.2 Å². The first kappa shape index (κ1) is 8.65. The lowest BCUT2D eigenvalue weighted by Crippen LogP contribution is -1.85. The number of hydrogen-bond acceptors (Lipinski definition) is 2. The van der Waals surface area contributed by atoms with Crippen LogP contribution in [0.25, 0.3) is 0 Å². The lowest BCUT2D eigenvalue weighted by molar-refractivity contribution is 0.446. The Balaban J connectivity index is 2.93. The minimum absolute atomic E-state index is 0.0814. The van der Waals surface area contributed by atoms with Crippen molar-refractivity contribution in [3.63, 3.8) is 0 Å². The lowest BCUT2D eigenvalue weighted by Gasteiger charge is -2.03. The van der Waals surface area contributed by atoms with Gasteiger partial charge in [0, 0.05) is 6.07 Å². The molecule has 64 valence electrons. The molecule has 0 fully saturated rings. The Morgan fingerprint density at radius 2 is 2.08 bits per heavy atom. The van der Waals surface area contributed by atoms with E-state index >= 15 is 0 Å². The van der Waals surface area contributed by atoms with Gasteiger partial charge in [-0.05, 0) is 25.0 Å². The van der Waals surface area contributed by atoms with Crippen LogP contribution in [-0.4, -0.2) is 10.2 Å². The fourth-order valence-electron chi connectivity index (χ4n) is 1.03. The molecule has 0 bridgehead atoms. The lowest BCUT2D eigenvalue weighted by atomic mass is 10.1. The van der Waals surface area contributed by atoms with Crippen molar-refractivity contribution in [1.82, 2.24) is 0 Å². The summed E-state index contributed by atoms with van der Waals surface area (Å²) >= 11 is 0. The van der Waals surface area contributed by atoms with Crippen LogP contribution in [0.4, 0.5) is 0 Å². The zero-order valence-electron chi connectivity index (χ0n) is 7.04. The summed E-state index contributed by atoms with van der Waals surface area (Å²) in [7, 11) is 0. The molecule has 0 aliphatic carbocycles. The maximum atomic E-state index is 9.34. The predicted molar refractivity (Wildman–Crippen MR) is 48.3 cm³/mol. The van der Waals surface area contributed by atoms with E-state index in [0.29, 0.717) is 6.42 Å². The van der Waals surface area contributed by atoms with Gasteiger partial charge in [0.05, 0.1) is 0 Å². The molecule has 0 unspecified atom stereocenters. The Morgan fingerprint density at radius 3 is 2.58 bits per heavy atom. The van der Waals surface area contributed by atoms with Gasteiger partial charge in [0.1, 0.15) is 11.5 Å². The molecule has 0 saturated carbocycles. The molecular weight excluding hydrogens is 152 g/mol. The average molecular weight is 164 g/mol. The van der Waals surface area contributed by atoms with Gasteiger partial charge in [0.2, 0.25) is 0 Å². The molecule has 1 aromatic carbocycles. The minimum Gasteiger partial charge on any atom is -0.508 e. The maximum Gasteiger partial charge on any atom is 0.122 e. The number of phenols is 2. The van der Waals surface area contributed by atoms with E-state index in [9.17, 15) is 5.11 Å². The normalized spacial score (nSPS) is 9.75. The summed E-state index contributed by atoms with van der Waals surface area (Å²) in [6, 6.07) is 4.58. The summed E-state index contributed by atoms with van der Waals surface area (Å²) in [5.74, 6) is 0.205. The molecular formula is C10H12O2. The minimum atomic E-state index is 0.0814. The molecule has 1 rings (SSSR count). The van der Waals surface area contributed by atoms with Crippen LogP contribution in [0.1, 0.15) is 12.5 Å². The first-order chi connectivity index (χ1) is 5.59. The van der Waals surface area contributed by atoms with E-state index in [-0.39, 0.29) is 11.5 Å². The number of hydrogen-bond donors (Lipinski definition) is 2. The van der Waals surface area contributed by atoms with Gasteiger partial charge in [0.15, 0.2) is 0 Å². The predicted octanol–water partition coefficient (Wildman–Crippen LogP) is 2.22. The van der Waals surface area contributed by atoms with Gasteiger partial charge >= 0.3 is 0 Å². The van der Waals surface area contributed by atoms with Gasteiger partial charge in [-0.25, -0.2) is 0 Å². The molecule has 0 radical (unpaired) electrons. The standard InChI is InChI=1S/C10H12O2/c1-7(2)5-8-3-4-9(11)6-10(8)12/h3-4,6,11-12H,1,5H2,2H3. The number of allylic oxidation sites excluding steroid dienone is 1. The molecule has 0 aliphatic rings. The number of aromatic hydroxyl groups is 2. The summed E-state index contributed by atoms with van der Waals surface area (Å²) < 4.78 is 0. The summed E-state index contributed by atoms with van der Waals surface area (Å²) in [6.07, 6.45) is 0.645. The first-order valence-electron chi connectivity index (χ1n) is 3.75. The molecule has 1 aromatic rings. The molecule has 2 nitrogen and oxygen atoms in total. The number of rotatable bonds is 2. The van der Waals surface area contributed by atoms with E-state index in [2.05, 4.69) is 6.58 Å². The molecule has 2 N–H and O–H groups in total. The topological polar surface area (TPSA) is 40.5 Å². The number of benzene rings is 1.